The van der Waals surface area contributed by atoms with Crippen molar-refractivity contribution in [1.82, 2.24) is 10.2 Å². The number of aryl methyl sites for hydroxylation is 1. The summed E-state index contributed by atoms with van der Waals surface area (Å²) in [7, 11) is 1.82. The third-order valence-electron chi connectivity index (χ3n) is 3.70. The number of hydrogen-bond acceptors (Lipinski definition) is 2. The van der Waals surface area contributed by atoms with E-state index < -0.39 is 0 Å². The molecule has 0 bridgehead atoms. The smallest absolute Gasteiger partial charge is 0.253 e. The van der Waals surface area contributed by atoms with Crippen LogP contribution in [0.25, 0.3) is 0 Å². The van der Waals surface area contributed by atoms with Crippen molar-refractivity contribution in [2.24, 2.45) is 0 Å². The van der Waals surface area contributed by atoms with E-state index in [2.05, 4.69) is 5.32 Å². The molecule has 1 N–H and O–H groups in total. The van der Waals surface area contributed by atoms with E-state index in [9.17, 15) is 9.18 Å². The van der Waals surface area contributed by atoms with Gasteiger partial charge in [-0.1, -0.05) is 0 Å². The standard InChI is InChI=1S/C15H21FN2O.ClH/c1-11-8-12(10-13(16)9-11)15(19)18(2)14-4-3-6-17-7-5-14;/h8-10,14,17H,3-7H2,1-2H3;1H. The Kier molecular flexibility index (Phi) is 6.43. The molecule has 5 heteroatoms. The summed E-state index contributed by atoms with van der Waals surface area (Å²) in [6, 6.07) is 4.75. The SMILES string of the molecule is Cc1cc(F)cc(C(=O)N(C)C2CCCNCC2)c1.Cl. The quantitative estimate of drug-likeness (QED) is 0.911. The monoisotopic (exact) mass is 300 g/mol. The number of carbonyl (C=O) groups excluding carboxylic acids is 1. The van der Waals surface area contributed by atoms with Crippen LogP contribution in [0.5, 0.6) is 0 Å². The Labute approximate surface area is 125 Å². The lowest BCUT2D eigenvalue weighted by Gasteiger charge is -2.27. The number of hydrogen-bond donors (Lipinski definition) is 1. The molecule has 112 valence electrons. The van der Waals surface area contributed by atoms with Crippen LogP contribution in [0.15, 0.2) is 18.2 Å². The lowest BCUT2D eigenvalue weighted by Crippen LogP contribution is -2.37. The molecule has 0 radical (unpaired) electrons. The molecule has 1 fully saturated rings. The molecule has 0 aromatic heterocycles. The molecule has 3 nitrogen and oxygen atoms in total. The molecule has 0 aliphatic carbocycles. The minimum absolute atomic E-state index is 0. The zero-order chi connectivity index (χ0) is 13.8. The van der Waals surface area contributed by atoms with E-state index in [0.717, 1.165) is 37.9 Å². The van der Waals surface area contributed by atoms with Crippen molar-refractivity contribution in [3.63, 3.8) is 0 Å². The highest BCUT2D eigenvalue weighted by Gasteiger charge is 2.22. The number of rotatable bonds is 2. The van der Waals surface area contributed by atoms with Crippen LogP contribution >= 0.6 is 12.4 Å². The van der Waals surface area contributed by atoms with Crippen LogP contribution in [0.2, 0.25) is 0 Å². The molecule has 2 rings (SSSR count). The molecule has 20 heavy (non-hydrogen) atoms. The molecule has 1 heterocycles. The van der Waals surface area contributed by atoms with Gasteiger partial charge < -0.3 is 10.2 Å². The Bertz CT molecular complexity index is 439. The van der Waals surface area contributed by atoms with Gasteiger partial charge in [0, 0.05) is 18.7 Å². The van der Waals surface area contributed by atoms with Crippen molar-refractivity contribution < 1.29 is 9.18 Å². The molecule has 1 atom stereocenters. The molecule has 1 aliphatic rings. The minimum atomic E-state index is -0.348. The van der Waals surface area contributed by atoms with E-state index in [4.69, 9.17) is 0 Å². The maximum atomic E-state index is 13.4. The molecule has 1 saturated heterocycles. The van der Waals surface area contributed by atoms with E-state index in [1.807, 2.05) is 7.05 Å². The van der Waals surface area contributed by atoms with Gasteiger partial charge in [0.05, 0.1) is 0 Å². The zero-order valence-corrected chi connectivity index (χ0v) is 12.8. The first kappa shape index (κ1) is 16.9. The normalized spacial score (nSPS) is 18.9. The van der Waals surface area contributed by atoms with Crippen LogP contribution in [0, 0.1) is 12.7 Å². The maximum Gasteiger partial charge on any atom is 0.253 e. The summed E-state index contributed by atoms with van der Waals surface area (Å²) < 4.78 is 13.4. The Balaban J connectivity index is 0.00000200. The van der Waals surface area contributed by atoms with Crippen molar-refractivity contribution in [3.8, 4) is 0 Å². The molecule has 1 unspecified atom stereocenters. The number of nitrogens with zero attached hydrogens (tertiary/aromatic N) is 1. The van der Waals surface area contributed by atoms with E-state index in [-0.39, 0.29) is 30.2 Å². The van der Waals surface area contributed by atoms with Crippen molar-refractivity contribution in [1.29, 1.82) is 0 Å². The molecule has 1 aromatic rings. The van der Waals surface area contributed by atoms with Gasteiger partial charge in [0.2, 0.25) is 0 Å². The Morgan fingerprint density at radius 3 is 2.75 bits per heavy atom. The lowest BCUT2D eigenvalue weighted by molar-refractivity contribution is 0.0720. The maximum absolute atomic E-state index is 13.4. The Hall–Kier alpha value is -1.13. The first-order chi connectivity index (χ1) is 9.08. The summed E-state index contributed by atoms with van der Waals surface area (Å²) in [5.74, 6) is -0.436. The highest BCUT2D eigenvalue weighted by molar-refractivity contribution is 5.94. The van der Waals surface area contributed by atoms with E-state index >= 15 is 0 Å². The predicted molar refractivity (Wildman–Crippen MR) is 81.0 cm³/mol. The van der Waals surface area contributed by atoms with Crippen molar-refractivity contribution >= 4 is 18.3 Å². The van der Waals surface area contributed by atoms with Gasteiger partial charge in [-0.15, -0.1) is 12.4 Å². The second-order valence-electron chi connectivity index (χ2n) is 5.27. The van der Waals surface area contributed by atoms with Gasteiger partial charge in [0.1, 0.15) is 5.82 Å². The molecule has 1 aliphatic heterocycles. The fraction of sp³-hybridized carbons (Fsp3) is 0.533. The van der Waals surface area contributed by atoms with Crippen LogP contribution < -0.4 is 5.32 Å². The third kappa shape index (κ3) is 4.18. The minimum Gasteiger partial charge on any atom is -0.339 e. The van der Waals surface area contributed by atoms with Gasteiger partial charge in [-0.3, -0.25) is 4.79 Å². The number of benzene rings is 1. The van der Waals surface area contributed by atoms with Crippen LogP contribution in [0.1, 0.15) is 35.2 Å². The Morgan fingerprint density at radius 2 is 2.05 bits per heavy atom. The van der Waals surface area contributed by atoms with Crippen molar-refractivity contribution in [3.05, 3.63) is 35.1 Å². The zero-order valence-electron chi connectivity index (χ0n) is 12.0. The molecule has 0 saturated carbocycles. The number of halogens is 2. The number of nitrogens with one attached hydrogen (secondary N) is 1. The average molecular weight is 301 g/mol. The van der Waals surface area contributed by atoms with E-state index in [1.54, 1.807) is 17.9 Å². The molecule has 0 spiro atoms. The van der Waals surface area contributed by atoms with Gasteiger partial charge in [0.25, 0.3) is 5.91 Å². The molecular formula is C15H22ClFN2O. The van der Waals surface area contributed by atoms with Gasteiger partial charge >= 0.3 is 0 Å². The highest BCUT2D eigenvalue weighted by atomic mass is 35.5. The predicted octanol–water partition coefficient (Wildman–Crippen LogP) is 2.77. The number of amides is 1. The first-order valence-corrected chi connectivity index (χ1v) is 6.83. The van der Waals surface area contributed by atoms with Gasteiger partial charge in [-0.05, 0) is 63.0 Å². The summed E-state index contributed by atoms with van der Waals surface area (Å²) >= 11 is 0. The largest absolute Gasteiger partial charge is 0.339 e. The Morgan fingerprint density at radius 1 is 1.30 bits per heavy atom. The van der Waals surface area contributed by atoms with Crippen LogP contribution in [0.4, 0.5) is 4.39 Å². The average Bonchev–Trinajstić information content (AvgIpc) is 2.64. The second-order valence-corrected chi connectivity index (χ2v) is 5.27. The summed E-state index contributed by atoms with van der Waals surface area (Å²) in [4.78, 5) is 14.2. The van der Waals surface area contributed by atoms with Crippen molar-refractivity contribution in [2.45, 2.75) is 32.2 Å². The van der Waals surface area contributed by atoms with Gasteiger partial charge in [0.15, 0.2) is 0 Å². The van der Waals surface area contributed by atoms with Crippen LogP contribution in [-0.4, -0.2) is 37.0 Å². The summed E-state index contributed by atoms with van der Waals surface area (Å²) in [5, 5.41) is 3.33. The van der Waals surface area contributed by atoms with Gasteiger partial charge in [-0.25, -0.2) is 4.39 Å². The fourth-order valence-electron chi connectivity index (χ4n) is 2.62. The van der Waals surface area contributed by atoms with Gasteiger partial charge in [-0.2, -0.15) is 0 Å². The second kappa shape index (κ2) is 7.60. The summed E-state index contributed by atoms with van der Waals surface area (Å²) in [5.41, 5.74) is 1.22. The van der Waals surface area contributed by atoms with Crippen LogP contribution in [0.3, 0.4) is 0 Å². The summed E-state index contributed by atoms with van der Waals surface area (Å²) in [6.07, 6.45) is 3.03. The van der Waals surface area contributed by atoms with E-state index in [0.29, 0.717) is 5.56 Å². The molecule has 1 amide bonds. The first-order valence-electron chi connectivity index (χ1n) is 6.83. The molecular weight excluding hydrogens is 279 g/mol. The van der Waals surface area contributed by atoms with Crippen molar-refractivity contribution in [2.75, 3.05) is 20.1 Å². The summed E-state index contributed by atoms with van der Waals surface area (Å²) in [6.45, 7) is 3.75. The molecule has 1 aromatic carbocycles. The topological polar surface area (TPSA) is 32.3 Å². The fourth-order valence-corrected chi connectivity index (χ4v) is 2.62. The highest BCUT2D eigenvalue weighted by Crippen LogP contribution is 2.16. The van der Waals surface area contributed by atoms with Crippen LogP contribution in [-0.2, 0) is 0 Å². The third-order valence-corrected chi connectivity index (χ3v) is 3.70. The lowest BCUT2D eigenvalue weighted by atomic mass is 10.1. The number of carbonyl (C=O) groups is 1. The van der Waals surface area contributed by atoms with E-state index in [1.165, 1.54) is 12.1 Å².